The molecule has 0 aliphatic carbocycles. The molecular weight excluding hydrogens is 392 g/mol. The first-order valence-electron chi connectivity index (χ1n) is 9.68. The predicted molar refractivity (Wildman–Crippen MR) is 110 cm³/mol. The van der Waals surface area contributed by atoms with E-state index in [4.69, 9.17) is 11.5 Å². The molecule has 0 radical (unpaired) electrons. The zero-order valence-electron chi connectivity index (χ0n) is 17.0. The maximum Gasteiger partial charge on any atom is 0.243 e. The molecule has 2 amide bonds. The van der Waals surface area contributed by atoms with Crippen LogP contribution in [0.25, 0.3) is 0 Å². The summed E-state index contributed by atoms with van der Waals surface area (Å²) in [5.41, 5.74) is 12.4. The van der Waals surface area contributed by atoms with Crippen molar-refractivity contribution in [3.05, 3.63) is 59.3 Å². The van der Waals surface area contributed by atoms with E-state index in [-0.39, 0.29) is 24.4 Å². The minimum Gasteiger partial charge on any atom is -0.384 e. The summed E-state index contributed by atoms with van der Waals surface area (Å²) >= 11 is 0. The number of halogens is 2. The maximum atomic E-state index is 13.6. The van der Waals surface area contributed by atoms with Crippen molar-refractivity contribution in [1.29, 1.82) is 0 Å². The molecule has 0 saturated carbocycles. The van der Waals surface area contributed by atoms with Gasteiger partial charge in [0.15, 0.2) is 0 Å². The molecule has 0 spiro atoms. The van der Waals surface area contributed by atoms with Crippen LogP contribution in [0, 0.1) is 17.6 Å². The molecule has 3 atom stereocenters. The highest BCUT2D eigenvalue weighted by atomic mass is 19.1. The SMILES string of the molecule is CCC(C)[C@@H](N)C(=O)N[C@@H](Cc1cc(F)cc(F)c1)C(=O)NCc1ccc(N)nc1. The van der Waals surface area contributed by atoms with Gasteiger partial charge in [-0.1, -0.05) is 26.3 Å². The van der Waals surface area contributed by atoms with Crippen molar-refractivity contribution in [2.45, 2.75) is 45.3 Å². The zero-order valence-corrected chi connectivity index (χ0v) is 17.0. The Morgan fingerprint density at radius 1 is 1.10 bits per heavy atom. The third kappa shape index (κ3) is 6.77. The number of rotatable bonds is 9. The first-order valence-corrected chi connectivity index (χ1v) is 9.68. The topological polar surface area (TPSA) is 123 Å². The van der Waals surface area contributed by atoms with Gasteiger partial charge in [-0.25, -0.2) is 13.8 Å². The molecule has 1 heterocycles. The number of carbonyl (C=O) groups excluding carboxylic acids is 2. The standard InChI is InChI=1S/C21H27F2N5O2/c1-3-12(2)19(25)21(30)28-17(8-14-6-15(22)9-16(23)7-14)20(29)27-11-13-4-5-18(24)26-10-13/h4-7,9-10,12,17,19H,3,8,11,25H2,1-2H3,(H2,24,26)(H,27,29)(H,28,30)/t12?,17-,19+/m0/s1. The number of anilines is 1. The molecule has 9 heteroatoms. The average Bonchev–Trinajstić information content (AvgIpc) is 2.70. The van der Waals surface area contributed by atoms with Gasteiger partial charge in [0.25, 0.3) is 0 Å². The third-order valence-corrected chi connectivity index (χ3v) is 4.87. The van der Waals surface area contributed by atoms with Gasteiger partial charge in [0, 0.05) is 25.2 Å². The van der Waals surface area contributed by atoms with E-state index in [1.807, 2.05) is 13.8 Å². The van der Waals surface area contributed by atoms with Gasteiger partial charge in [0.05, 0.1) is 6.04 Å². The van der Waals surface area contributed by atoms with Crippen LogP contribution in [0.2, 0.25) is 0 Å². The first-order chi connectivity index (χ1) is 14.2. The van der Waals surface area contributed by atoms with E-state index in [1.165, 1.54) is 6.20 Å². The average molecular weight is 419 g/mol. The minimum absolute atomic E-state index is 0.0961. The number of hydrogen-bond donors (Lipinski definition) is 4. The fourth-order valence-corrected chi connectivity index (χ4v) is 2.81. The summed E-state index contributed by atoms with van der Waals surface area (Å²) in [6, 6.07) is 4.41. The van der Waals surface area contributed by atoms with Crippen molar-refractivity contribution >= 4 is 17.6 Å². The van der Waals surface area contributed by atoms with Crippen LogP contribution < -0.4 is 22.1 Å². The second-order valence-electron chi connectivity index (χ2n) is 7.26. The minimum atomic E-state index is -1.06. The van der Waals surface area contributed by atoms with Gasteiger partial charge in [0.1, 0.15) is 23.5 Å². The third-order valence-electron chi connectivity index (χ3n) is 4.87. The molecule has 0 fully saturated rings. The van der Waals surface area contributed by atoms with E-state index in [0.717, 1.165) is 18.2 Å². The number of carbonyl (C=O) groups is 2. The predicted octanol–water partition coefficient (Wildman–Crippen LogP) is 1.66. The molecule has 6 N–H and O–H groups in total. The Balaban J connectivity index is 2.14. The van der Waals surface area contributed by atoms with E-state index in [2.05, 4.69) is 15.6 Å². The molecule has 0 aliphatic heterocycles. The van der Waals surface area contributed by atoms with E-state index in [0.29, 0.717) is 17.8 Å². The van der Waals surface area contributed by atoms with Crippen molar-refractivity contribution < 1.29 is 18.4 Å². The van der Waals surface area contributed by atoms with E-state index < -0.39 is 35.5 Å². The van der Waals surface area contributed by atoms with Crippen molar-refractivity contribution in [3.63, 3.8) is 0 Å². The van der Waals surface area contributed by atoms with Crippen molar-refractivity contribution in [2.24, 2.45) is 11.7 Å². The van der Waals surface area contributed by atoms with Gasteiger partial charge in [0.2, 0.25) is 11.8 Å². The summed E-state index contributed by atoms with van der Waals surface area (Å²) < 4.78 is 27.1. The number of amides is 2. The second kappa shape index (κ2) is 10.6. The van der Waals surface area contributed by atoms with Gasteiger partial charge in [-0.15, -0.1) is 0 Å². The summed E-state index contributed by atoms with van der Waals surface area (Å²) in [6.45, 7) is 3.88. The Labute approximate surface area is 174 Å². The Bertz CT molecular complexity index is 856. The first kappa shape index (κ1) is 23.2. The number of nitrogens with two attached hydrogens (primary N) is 2. The number of aromatic nitrogens is 1. The molecule has 30 heavy (non-hydrogen) atoms. The summed E-state index contributed by atoms with van der Waals surface area (Å²) in [5.74, 6) is -2.29. The number of nitrogen functional groups attached to an aromatic ring is 1. The lowest BCUT2D eigenvalue weighted by molar-refractivity contribution is -0.130. The highest BCUT2D eigenvalue weighted by molar-refractivity contribution is 5.90. The molecule has 7 nitrogen and oxygen atoms in total. The molecule has 1 aromatic carbocycles. The van der Waals surface area contributed by atoms with Crippen LogP contribution in [0.1, 0.15) is 31.4 Å². The summed E-state index contributed by atoms with van der Waals surface area (Å²) in [5, 5.41) is 5.30. The van der Waals surface area contributed by atoms with E-state index >= 15 is 0 Å². The van der Waals surface area contributed by atoms with Gasteiger partial charge in [-0.05, 0) is 35.2 Å². The molecule has 2 rings (SSSR count). The molecule has 1 aromatic heterocycles. The van der Waals surface area contributed by atoms with Crippen molar-refractivity contribution in [2.75, 3.05) is 5.73 Å². The monoisotopic (exact) mass is 419 g/mol. The van der Waals surface area contributed by atoms with Crippen LogP contribution in [0.4, 0.5) is 14.6 Å². The van der Waals surface area contributed by atoms with Crippen LogP contribution in [-0.4, -0.2) is 28.9 Å². The van der Waals surface area contributed by atoms with Gasteiger partial charge in [-0.3, -0.25) is 9.59 Å². The molecule has 1 unspecified atom stereocenters. The van der Waals surface area contributed by atoms with Crippen LogP contribution in [0.15, 0.2) is 36.5 Å². The highest BCUT2D eigenvalue weighted by Gasteiger charge is 2.26. The van der Waals surface area contributed by atoms with Crippen LogP contribution >= 0.6 is 0 Å². The summed E-state index contributed by atoms with van der Waals surface area (Å²) in [4.78, 5) is 29.2. The van der Waals surface area contributed by atoms with Gasteiger partial charge in [-0.2, -0.15) is 0 Å². The van der Waals surface area contributed by atoms with Crippen molar-refractivity contribution in [3.8, 4) is 0 Å². The normalized spacial score (nSPS) is 13.9. The smallest absolute Gasteiger partial charge is 0.243 e. The number of pyridine rings is 1. The Morgan fingerprint density at radius 2 is 1.77 bits per heavy atom. The number of nitrogens with zero attached hydrogens (tertiary/aromatic N) is 1. The van der Waals surface area contributed by atoms with Crippen LogP contribution in [0.5, 0.6) is 0 Å². The fraction of sp³-hybridized carbons (Fsp3) is 0.381. The van der Waals surface area contributed by atoms with Crippen LogP contribution in [-0.2, 0) is 22.6 Å². The van der Waals surface area contributed by atoms with E-state index in [9.17, 15) is 18.4 Å². The van der Waals surface area contributed by atoms with Gasteiger partial charge >= 0.3 is 0 Å². The Morgan fingerprint density at radius 3 is 2.33 bits per heavy atom. The largest absolute Gasteiger partial charge is 0.384 e. The Kier molecular flexibility index (Phi) is 8.23. The molecule has 0 bridgehead atoms. The Hall–Kier alpha value is -3.07. The zero-order chi connectivity index (χ0) is 22.3. The molecule has 2 aromatic rings. The lowest BCUT2D eigenvalue weighted by Crippen LogP contribution is -2.53. The quantitative estimate of drug-likeness (QED) is 0.492. The summed E-state index contributed by atoms with van der Waals surface area (Å²) in [7, 11) is 0. The number of hydrogen-bond acceptors (Lipinski definition) is 5. The number of nitrogens with one attached hydrogen (secondary N) is 2. The molecular formula is C21H27F2N5O2. The highest BCUT2D eigenvalue weighted by Crippen LogP contribution is 2.12. The molecule has 0 saturated heterocycles. The van der Waals surface area contributed by atoms with Crippen molar-refractivity contribution in [1.82, 2.24) is 15.6 Å². The maximum absolute atomic E-state index is 13.6. The summed E-state index contributed by atoms with van der Waals surface area (Å²) in [6.07, 6.45) is 2.11. The van der Waals surface area contributed by atoms with E-state index in [1.54, 1.807) is 12.1 Å². The fourth-order valence-electron chi connectivity index (χ4n) is 2.81. The molecule has 0 aliphatic rings. The van der Waals surface area contributed by atoms with Gasteiger partial charge < -0.3 is 22.1 Å². The number of benzene rings is 1. The lowest BCUT2D eigenvalue weighted by atomic mass is 9.98. The lowest BCUT2D eigenvalue weighted by Gasteiger charge is -2.23. The molecule has 162 valence electrons. The second-order valence-corrected chi connectivity index (χ2v) is 7.26. The van der Waals surface area contributed by atoms with Crippen LogP contribution in [0.3, 0.4) is 0 Å².